The molecule has 0 aliphatic carbocycles. The molecule has 0 spiro atoms. The fourth-order valence-electron chi connectivity index (χ4n) is 4.12. The van der Waals surface area contributed by atoms with Gasteiger partial charge in [-0.15, -0.1) is 0 Å². The van der Waals surface area contributed by atoms with Crippen molar-refractivity contribution in [2.45, 2.75) is 116 Å². The first-order valence-electron chi connectivity index (χ1n) is 14.6. The number of hydrogen-bond donors (Lipinski definition) is 3. The highest BCUT2D eigenvalue weighted by Crippen LogP contribution is 2.20. The second kappa shape index (κ2) is 15.9. The van der Waals surface area contributed by atoms with Crippen molar-refractivity contribution in [3.8, 4) is 0 Å². The number of carbonyl (C=O) groups excluding carboxylic acids is 3. The van der Waals surface area contributed by atoms with Crippen LogP contribution in [0.15, 0.2) is 0 Å². The molecule has 0 aromatic carbocycles. The Morgan fingerprint density at radius 2 is 0.711 bits per heavy atom. The van der Waals surface area contributed by atoms with Crippen LogP contribution >= 0.6 is 0 Å². The number of carbonyl (C=O) groups is 3. The summed E-state index contributed by atoms with van der Waals surface area (Å²) >= 11 is 0. The van der Waals surface area contributed by atoms with Gasteiger partial charge >= 0.3 is 18.3 Å². The Hall–Kier alpha value is -3.84. The zero-order valence-electron chi connectivity index (χ0n) is 27.7. The van der Waals surface area contributed by atoms with E-state index in [4.69, 9.17) is 33.9 Å². The molecule has 3 amide bonds. The third kappa shape index (κ3) is 13.8. The van der Waals surface area contributed by atoms with Crippen LogP contribution in [-0.2, 0) is 14.2 Å². The number of likely N-dealkylation sites (tertiary alicyclic amines) is 3. The summed E-state index contributed by atoms with van der Waals surface area (Å²) in [6.07, 6.45) is -3.66. The van der Waals surface area contributed by atoms with Gasteiger partial charge in [0.15, 0.2) is 0 Å². The predicted molar refractivity (Wildman–Crippen MR) is 163 cm³/mol. The number of amides is 3. The molecule has 0 bridgehead atoms. The highest BCUT2D eigenvalue weighted by atomic mass is 16.6. The van der Waals surface area contributed by atoms with E-state index < -0.39 is 71.5 Å². The standard InChI is InChI=1S/3C10H16N2O3/c3*1-10(2,3)15-9(14)12-5-7(11-4)8(13)6-12/h3*7-8,13H,5-6H2,1-3H3. The van der Waals surface area contributed by atoms with E-state index in [1.165, 1.54) is 14.7 Å². The normalized spacial score (nSPS) is 26.2. The molecular formula is C30H48N6O9. The van der Waals surface area contributed by atoms with Crippen molar-refractivity contribution in [2.24, 2.45) is 0 Å². The minimum absolute atomic E-state index is 0.183. The van der Waals surface area contributed by atoms with Gasteiger partial charge in [-0.3, -0.25) is 14.7 Å². The van der Waals surface area contributed by atoms with Gasteiger partial charge in [-0.25, -0.2) is 34.1 Å². The smallest absolute Gasteiger partial charge is 0.410 e. The SMILES string of the molecule is [C-]#[N+]C1CN(C(=O)OC(C)(C)C)CC1O.[C-]#[N+]C1CN(C(=O)OC(C)(C)C)CC1O.[C-]#[N+]C1CN(C(=O)OC(C)(C)C)CC1O. The second-order valence-corrected chi connectivity index (χ2v) is 13.9. The first kappa shape index (κ1) is 39.2. The monoisotopic (exact) mass is 636 g/mol. The van der Waals surface area contributed by atoms with Crippen molar-refractivity contribution in [2.75, 3.05) is 39.3 Å². The van der Waals surface area contributed by atoms with Gasteiger partial charge in [0.1, 0.15) is 54.7 Å². The summed E-state index contributed by atoms with van der Waals surface area (Å²) in [5.41, 5.74) is -1.63. The lowest BCUT2D eigenvalue weighted by Crippen LogP contribution is -2.35. The van der Waals surface area contributed by atoms with Crippen LogP contribution in [0.1, 0.15) is 62.3 Å². The van der Waals surface area contributed by atoms with Gasteiger partial charge in [0.25, 0.3) is 18.1 Å². The second-order valence-electron chi connectivity index (χ2n) is 13.9. The number of aliphatic hydroxyl groups excluding tert-OH is 3. The molecule has 252 valence electrons. The molecule has 3 fully saturated rings. The third-order valence-electron chi connectivity index (χ3n) is 6.23. The number of aliphatic hydroxyl groups is 3. The molecule has 3 aliphatic rings. The quantitative estimate of drug-likeness (QED) is 0.268. The van der Waals surface area contributed by atoms with E-state index >= 15 is 0 Å². The predicted octanol–water partition coefficient (Wildman–Crippen LogP) is 2.66. The van der Waals surface area contributed by atoms with Crippen molar-refractivity contribution in [1.29, 1.82) is 0 Å². The largest absolute Gasteiger partial charge is 0.444 e. The minimum Gasteiger partial charge on any atom is -0.444 e. The molecule has 0 radical (unpaired) electrons. The Balaban J connectivity index is 0.000000337. The fraction of sp³-hybridized carbons (Fsp3) is 0.800. The molecule has 45 heavy (non-hydrogen) atoms. The molecule has 0 saturated carbocycles. The molecule has 3 saturated heterocycles. The topological polar surface area (TPSA) is 162 Å². The zero-order valence-corrected chi connectivity index (χ0v) is 27.7. The van der Waals surface area contributed by atoms with Gasteiger partial charge in [0, 0.05) is 0 Å². The zero-order chi connectivity index (χ0) is 34.9. The number of hydrogen-bond acceptors (Lipinski definition) is 9. The van der Waals surface area contributed by atoms with Crippen molar-refractivity contribution in [3.05, 3.63) is 34.3 Å². The van der Waals surface area contributed by atoms with Crippen molar-refractivity contribution in [1.82, 2.24) is 14.7 Å². The van der Waals surface area contributed by atoms with E-state index in [1.54, 1.807) is 62.3 Å². The van der Waals surface area contributed by atoms with E-state index in [0.717, 1.165) is 0 Å². The first-order chi connectivity index (χ1) is 20.5. The van der Waals surface area contributed by atoms with E-state index in [0.29, 0.717) is 0 Å². The molecule has 0 aromatic heterocycles. The molecule has 6 unspecified atom stereocenters. The van der Waals surface area contributed by atoms with Crippen molar-refractivity contribution in [3.63, 3.8) is 0 Å². The average molecular weight is 637 g/mol. The minimum atomic E-state index is -0.755. The Bertz CT molecular complexity index is 1010. The van der Waals surface area contributed by atoms with Crippen molar-refractivity contribution < 1.29 is 43.9 Å². The summed E-state index contributed by atoms with van der Waals surface area (Å²) in [5.74, 6) is 0. The maximum Gasteiger partial charge on any atom is 0.410 e. The summed E-state index contributed by atoms with van der Waals surface area (Å²) in [6.45, 7) is 37.8. The maximum absolute atomic E-state index is 11.6. The first-order valence-corrected chi connectivity index (χ1v) is 14.6. The van der Waals surface area contributed by atoms with E-state index in [1.807, 2.05) is 0 Å². The molecule has 0 aromatic rings. The van der Waals surface area contributed by atoms with Gasteiger partial charge in [-0.05, 0) is 62.3 Å². The Morgan fingerprint density at radius 3 is 0.844 bits per heavy atom. The van der Waals surface area contributed by atoms with E-state index in [-0.39, 0.29) is 39.3 Å². The number of nitrogens with zero attached hydrogens (tertiary/aromatic N) is 6. The lowest BCUT2D eigenvalue weighted by molar-refractivity contribution is 0.0261. The number of rotatable bonds is 0. The molecule has 3 aliphatic heterocycles. The maximum atomic E-state index is 11.6. The fourth-order valence-corrected chi connectivity index (χ4v) is 4.12. The van der Waals surface area contributed by atoms with Gasteiger partial charge in [-0.2, -0.15) is 0 Å². The third-order valence-corrected chi connectivity index (χ3v) is 6.23. The van der Waals surface area contributed by atoms with Crippen LogP contribution in [0.2, 0.25) is 0 Å². The average Bonchev–Trinajstić information content (AvgIpc) is 3.57. The van der Waals surface area contributed by atoms with Crippen LogP contribution in [0.25, 0.3) is 14.5 Å². The highest BCUT2D eigenvalue weighted by molar-refractivity contribution is 5.69. The number of β-amino-alcohol motifs (C(OH)–C–C–N with tert-alkyl or cyclic N) is 3. The highest BCUT2D eigenvalue weighted by Gasteiger charge is 2.42. The summed E-state index contributed by atoms with van der Waals surface area (Å²) in [5, 5.41) is 28.3. The Morgan fingerprint density at radius 1 is 0.511 bits per heavy atom. The van der Waals surface area contributed by atoms with Crippen LogP contribution in [0, 0.1) is 19.7 Å². The van der Waals surface area contributed by atoms with Gasteiger partial charge < -0.3 is 44.1 Å². The lowest BCUT2D eigenvalue weighted by Gasteiger charge is -2.23. The van der Waals surface area contributed by atoms with Gasteiger partial charge in [-0.1, -0.05) is 0 Å². The van der Waals surface area contributed by atoms with Crippen LogP contribution < -0.4 is 0 Å². The Kier molecular flexibility index (Phi) is 13.9. The molecule has 3 N–H and O–H groups in total. The Labute approximate surface area is 266 Å². The molecule has 15 heteroatoms. The van der Waals surface area contributed by atoms with Crippen LogP contribution in [0.3, 0.4) is 0 Å². The van der Waals surface area contributed by atoms with Crippen molar-refractivity contribution >= 4 is 18.3 Å². The molecule has 3 heterocycles. The van der Waals surface area contributed by atoms with Gasteiger partial charge in [0.2, 0.25) is 0 Å². The van der Waals surface area contributed by atoms with E-state index in [2.05, 4.69) is 14.5 Å². The summed E-state index contributed by atoms with van der Waals surface area (Å²) in [6, 6.07) is -1.55. The molecule has 3 rings (SSSR count). The summed E-state index contributed by atoms with van der Waals surface area (Å²) in [7, 11) is 0. The van der Waals surface area contributed by atoms with E-state index in [9.17, 15) is 29.7 Å². The van der Waals surface area contributed by atoms with Gasteiger partial charge in [0.05, 0.1) is 19.6 Å². The molecule has 15 nitrogen and oxygen atoms in total. The van der Waals surface area contributed by atoms with Crippen LogP contribution in [-0.4, -0.2) is 141 Å². The van der Waals surface area contributed by atoms with Crippen LogP contribution in [0.5, 0.6) is 0 Å². The summed E-state index contributed by atoms with van der Waals surface area (Å²) in [4.78, 5) is 48.5. The number of ether oxygens (including phenoxy) is 3. The molecular weight excluding hydrogens is 588 g/mol. The lowest BCUT2D eigenvalue weighted by atomic mass is 10.2. The van der Waals surface area contributed by atoms with Crippen LogP contribution in [0.4, 0.5) is 14.4 Å². The summed E-state index contributed by atoms with van der Waals surface area (Å²) < 4.78 is 15.4. The molecule has 6 atom stereocenters.